The normalized spacial score (nSPS) is 17.8. The van der Waals surface area contributed by atoms with Crippen molar-refractivity contribution < 1.29 is 13.5 Å². The molecule has 1 atom stereocenters. The van der Waals surface area contributed by atoms with Crippen LogP contribution in [0.1, 0.15) is 30.0 Å². The lowest BCUT2D eigenvalue weighted by atomic mass is 9.91. The van der Waals surface area contributed by atoms with Gasteiger partial charge in [-0.2, -0.15) is 5.26 Å². The summed E-state index contributed by atoms with van der Waals surface area (Å²) in [5, 5.41) is 10.6. The predicted molar refractivity (Wildman–Crippen MR) is 122 cm³/mol. The first-order chi connectivity index (χ1) is 16.0. The second-order valence-corrected chi connectivity index (χ2v) is 9.56. The molecule has 2 N–H and O–H groups in total. The number of hydrogen-bond acceptors (Lipinski definition) is 8. The monoisotopic (exact) mass is 464 g/mol. The molecular weight excluding hydrogens is 446 g/mol. The van der Waals surface area contributed by atoms with Crippen molar-refractivity contribution in [2.75, 3.05) is 23.7 Å². The zero-order valence-electron chi connectivity index (χ0n) is 17.7. The molecule has 1 fully saturated rings. The minimum absolute atomic E-state index is 0.0272. The molecule has 2 aliphatic rings. The summed E-state index contributed by atoms with van der Waals surface area (Å²) in [6, 6.07) is 2.02. The van der Waals surface area contributed by atoms with Gasteiger partial charge in [-0.15, -0.1) is 0 Å². The lowest BCUT2D eigenvalue weighted by Crippen LogP contribution is -2.21. The van der Waals surface area contributed by atoms with Gasteiger partial charge in [-0.1, -0.05) is 18.3 Å². The zero-order chi connectivity index (χ0) is 22.9. The molecule has 0 bridgehead atoms. The van der Waals surface area contributed by atoms with E-state index in [9.17, 15) is 5.26 Å². The molecular formula is C23H18F2N6OS. The summed E-state index contributed by atoms with van der Waals surface area (Å²) in [4.78, 5) is 15.6. The Kier molecular flexibility index (Phi) is 4.47. The van der Waals surface area contributed by atoms with E-state index in [0.717, 1.165) is 42.6 Å². The summed E-state index contributed by atoms with van der Waals surface area (Å²) in [5.41, 5.74) is 7.49. The number of nitrogen functional groups attached to an aromatic ring is 1. The van der Waals surface area contributed by atoms with Gasteiger partial charge in [-0.25, -0.2) is 23.7 Å². The maximum atomic E-state index is 16.2. The Hall–Kier alpha value is -3.42. The van der Waals surface area contributed by atoms with Crippen LogP contribution in [0.4, 0.5) is 19.7 Å². The summed E-state index contributed by atoms with van der Waals surface area (Å²) in [6.45, 7) is 4.12. The number of halogens is 2. The number of nitrogens with zero attached hydrogens (tertiary/aromatic N) is 5. The highest BCUT2D eigenvalue weighted by molar-refractivity contribution is 7.22. The summed E-state index contributed by atoms with van der Waals surface area (Å²) in [7, 11) is 0. The lowest BCUT2D eigenvalue weighted by molar-refractivity contribution is 0.135. The Morgan fingerprint density at radius 2 is 2.03 bits per heavy atom. The van der Waals surface area contributed by atoms with Gasteiger partial charge >= 0.3 is 0 Å². The number of fused-ring (bicyclic) bond motifs is 4. The molecule has 1 unspecified atom stereocenters. The molecule has 6 rings (SSSR count). The number of nitrogens with two attached hydrogens (primary N) is 1. The molecule has 10 heteroatoms. The number of aromatic nitrogens is 3. The largest absolute Gasteiger partial charge is 0.389 e. The van der Waals surface area contributed by atoms with E-state index in [1.165, 1.54) is 0 Å². The van der Waals surface area contributed by atoms with Gasteiger partial charge < -0.3 is 15.4 Å². The first-order valence-corrected chi connectivity index (χ1v) is 11.4. The highest BCUT2D eigenvalue weighted by Gasteiger charge is 2.31. The third-order valence-corrected chi connectivity index (χ3v) is 7.38. The van der Waals surface area contributed by atoms with Crippen LogP contribution in [0.3, 0.4) is 0 Å². The smallest absolute Gasteiger partial charge is 0.225 e. The number of nitriles is 1. The van der Waals surface area contributed by atoms with Crippen molar-refractivity contribution in [3.8, 4) is 17.2 Å². The SMILES string of the molecule is CC1CCN(c2ncc3c4c(c(-c5c(F)cnc6sc(N)c(C#N)c56)c(F)c3n2)COC4)C1. The standard InChI is InChI=1S/C23H18F2N6OS/c1-10-2-3-31(7-10)23-29-5-12-13-8-32-9-14(13)16(19(25)20(12)30-23)18-15(24)6-28-22-17(18)11(4-26)21(27)33-22/h5-6,10H,2-3,7-9,27H2,1H3. The Morgan fingerprint density at radius 3 is 2.79 bits per heavy atom. The van der Waals surface area contributed by atoms with Crippen LogP contribution in [-0.4, -0.2) is 28.0 Å². The van der Waals surface area contributed by atoms with Crippen LogP contribution in [0.15, 0.2) is 12.4 Å². The van der Waals surface area contributed by atoms with Crippen LogP contribution in [0, 0.1) is 28.9 Å². The fraction of sp³-hybridized carbons (Fsp3) is 0.304. The molecule has 0 saturated carbocycles. The number of benzene rings is 1. The molecule has 3 aromatic heterocycles. The number of hydrogen-bond donors (Lipinski definition) is 1. The van der Waals surface area contributed by atoms with Gasteiger partial charge in [0.15, 0.2) is 5.82 Å². The van der Waals surface area contributed by atoms with Crippen molar-refractivity contribution in [2.24, 2.45) is 5.92 Å². The van der Waals surface area contributed by atoms with E-state index in [0.29, 0.717) is 27.6 Å². The third-order valence-electron chi connectivity index (χ3n) is 6.46. The zero-order valence-corrected chi connectivity index (χ0v) is 18.5. The quantitative estimate of drug-likeness (QED) is 0.466. The van der Waals surface area contributed by atoms with Gasteiger partial charge in [0.25, 0.3) is 0 Å². The lowest BCUT2D eigenvalue weighted by Gasteiger charge is -2.18. The van der Waals surface area contributed by atoms with Gasteiger partial charge in [0.2, 0.25) is 5.95 Å². The fourth-order valence-corrected chi connectivity index (χ4v) is 5.72. The molecule has 1 saturated heterocycles. The van der Waals surface area contributed by atoms with E-state index in [-0.39, 0.29) is 45.8 Å². The first kappa shape index (κ1) is 20.2. The Labute approximate surface area is 191 Å². The van der Waals surface area contributed by atoms with E-state index >= 15 is 8.78 Å². The predicted octanol–water partition coefficient (Wildman–Crippen LogP) is 4.51. The van der Waals surface area contributed by atoms with E-state index in [1.54, 1.807) is 6.20 Å². The number of ether oxygens (including phenoxy) is 1. The van der Waals surface area contributed by atoms with Gasteiger partial charge in [0.05, 0.1) is 25.0 Å². The van der Waals surface area contributed by atoms with Crippen molar-refractivity contribution in [3.05, 3.63) is 40.7 Å². The van der Waals surface area contributed by atoms with Crippen LogP contribution in [0.2, 0.25) is 0 Å². The van der Waals surface area contributed by atoms with Crippen LogP contribution in [-0.2, 0) is 18.0 Å². The van der Waals surface area contributed by atoms with E-state index in [2.05, 4.69) is 21.9 Å². The van der Waals surface area contributed by atoms with Crippen molar-refractivity contribution in [1.29, 1.82) is 5.26 Å². The van der Waals surface area contributed by atoms with Crippen molar-refractivity contribution in [3.63, 3.8) is 0 Å². The van der Waals surface area contributed by atoms with Crippen LogP contribution in [0.25, 0.3) is 32.2 Å². The van der Waals surface area contributed by atoms with Gasteiger partial charge in [-0.05, 0) is 23.5 Å². The summed E-state index contributed by atoms with van der Waals surface area (Å²) >= 11 is 1.07. The van der Waals surface area contributed by atoms with E-state index in [4.69, 9.17) is 10.5 Å². The molecule has 2 aliphatic heterocycles. The molecule has 33 heavy (non-hydrogen) atoms. The van der Waals surface area contributed by atoms with Crippen molar-refractivity contribution >= 4 is 43.4 Å². The number of pyridine rings is 1. The highest BCUT2D eigenvalue weighted by Crippen LogP contribution is 2.45. The number of thiophene rings is 1. The Morgan fingerprint density at radius 1 is 1.21 bits per heavy atom. The second kappa shape index (κ2) is 7.30. The molecule has 7 nitrogen and oxygen atoms in total. The molecule has 0 amide bonds. The molecule has 0 radical (unpaired) electrons. The van der Waals surface area contributed by atoms with Crippen LogP contribution >= 0.6 is 11.3 Å². The summed E-state index contributed by atoms with van der Waals surface area (Å²) in [6.07, 6.45) is 3.68. The summed E-state index contributed by atoms with van der Waals surface area (Å²) < 4.78 is 37.2. The van der Waals surface area contributed by atoms with Crippen molar-refractivity contribution in [1.82, 2.24) is 15.0 Å². The topological polar surface area (TPSA) is 101 Å². The van der Waals surface area contributed by atoms with Crippen molar-refractivity contribution in [2.45, 2.75) is 26.6 Å². The Balaban J connectivity index is 1.69. The minimum Gasteiger partial charge on any atom is -0.389 e. The maximum Gasteiger partial charge on any atom is 0.225 e. The molecule has 0 spiro atoms. The van der Waals surface area contributed by atoms with E-state index in [1.807, 2.05) is 11.0 Å². The molecule has 5 heterocycles. The van der Waals surface area contributed by atoms with Crippen LogP contribution in [0.5, 0.6) is 0 Å². The third kappa shape index (κ3) is 2.89. The minimum atomic E-state index is -0.730. The molecule has 0 aliphatic carbocycles. The number of anilines is 2. The highest BCUT2D eigenvalue weighted by atomic mass is 32.1. The number of rotatable bonds is 2. The van der Waals surface area contributed by atoms with Gasteiger partial charge in [-0.3, -0.25) is 0 Å². The van der Waals surface area contributed by atoms with Gasteiger partial charge in [0, 0.05) is 41.2 Å². The molecule has 1 aromatic carbocycles. The average Bonchev–Trinajstić information content (AvgIpc) is 3.53. The Bertz CT molecular complexity index is 1510. The maximum absolute atomic E-state index is 16.2. The van der Waals surface area contributed by atoms with E-state index < -0.39 is 11.6 Å². The summed E-state index contributed by atoms with van der Waals surface area (Å²) in [5.74, 6) is -0.434. The van der Waals surface area contributed by atoms with Crippen LogP contribution < -0.4 is 10.6 Å². The average molecular weight is 465 g/mol. The van der Waals surface area contributed by atoms with Gasteiger partial charge in [0.1, 0.15) is 27.2 Å². The second-order valence-electron chi connectivity index (χ2n) is 8.53. The molecule has 166 valence electrons. The first-order valence-electron chi connectivity index (χ1n) is 10.6. The molecule has 4 aromatic rings. The fourth-order valence-electron chi connectivity index (χ4n) is 4.85.